The van der Waals surface area contributed by atoms with Gasteiger partial charge in [-0.2, -0.15) is 0 Å². The smallest absolute Gasteiger partial charge is 0.0448 e. The van der Waals surface area contributed by atoms with Crippen molar-refractivity contribution < 1.29 is 0 Å². The Balaban J connectivity index is 2.39. The minimum atomic E-state index is 0.367. The second-order valence-electron chi connectivity index (χ2n) is 2.17. The van der Waals surface area contributed by atoms with Gasteiger partial charge in [0.2, 0.25) is 0 Å². The molecule has 0 aromatic rings. The van der Waals surface area contributed by atoms with Gasteiger partial charge in [-0.25, -0.2) is 0 Å². The Labute approximate surface area is 55.5 Å². The van der Waals surface area contributed by atoms with Crippen molar-refractivity contribution >= 4 is 11.6 Å². The van der Waals surface area contributed by atoms with E-state index in [-0.39, 0.29) is 0 Å². The third-order valence-corrected chi connectivity index (χ3v) is 1.97. The Kier molecular flexibility index (Phi) is 1.62. The molecule has 1 unspecified atom stereocenters. The van der Waals surface area contributed by atoms with Crippen LogP contribution in [0.2, 0.25) is 0 Å². The molecule has 1 heteroatoms. The molecule has 0 aromatic carbocycles. The Morgan fingerprint density at radius 2 is 2.38 bits per heavy atom. The highest BCUT2D eigenvalue weighted by Crippen LogP contribution is 2.43. The predicted molar refractivity (Wildman–Crippen MR) is 36.9 cm³/mol. The van der Waals surface area contributed by atoms with Crippen molar-refractivity contribution in [3.05, 3.63) is 17.6 Å². The van der Waals surface area contributed by atoms with Crippen LogP contribution in [0.1, 0.15) is 20.3 Å². The molecule has 1 radical (unpaired) electrons. The lowest BCUT2D eigenvalue weighted by molar-refractivity contribution is 1.32. The third-order valence-electron chi connectivity index (χ3n) is 1.56. The second kappa shape index (κ2) is 2.10. The first-order chi connectivity index (χ1) is 3.75. The molecule has 0 nitrogen and oxygen atoms in total. The summed E-state index contributed by atoms with van der Waals surface area (Å²) in [5.41, 5.74) is 1.37. The van der Waals surface area contributed by atoms with E-state index in [1.165, 1.54) is 11.5 Å². The highest BCUT2D eigenvalue weighted by atomic mass is 35.5. The number of rotatable bonds is 1. The summed E-state index contributed by atoms with van der Waals surface area (Å²) in [4.78, 5) is 0. The van der Waals surface area contributed by atoms with Crippen LogP contribution < -0.4 is 0 Å². The molecular weight excluding hydrogens is 120 g/mol. The number of hydrogen-bond donors (Lipinski definition) is 0. The van der Waals surface area contributed by atoms with Gasteiger partial charge in [0.05, 0.1) is 0 Å². The summed E-state index contributed by atoms with van der Waals surface area (Å²) in [6.45, 7) is 4.15. The molecule has 0 aromatic heterocycles. The molecule has 0 saturated heterocycles. The zero-order chi connectivity index (χ0) is 6.15. The minimum absolute atomic E-state index is 0.367. The van der Waals surface area contributed by atoms with Gasteiger partial charge < -0.3 is 0 Å². The number of hydrogen-bond acceptors (Lipinski definition) is 0. The van der Waals surface area contributed by atoms with E-state index in [9.17, 15) is 0 Å². The van der Waals surface area contributed by atoms with E-state index in [1.807, 2.05) is 6.92 Å². The van der Waals surface area contributed by atoms with Crippen molar-refractivity contribution in [2.24, 2.45) is 0 Å². The van der Waals surface area contributed by atoms with E-state index in [4.69, 9.17) is 11.6 Å². The van der Waals surface area contributed by atoms with Gasteiger partial charge in [0.1, 0.15) is 0 Å². The zero-order valence-electron chi connectivity index (χ0n) is 5.24. The number of halogens is 1. The Hall–Kier alpha value is 0.0300. The first-order valence-corrected chi connectivity index (χ1v) is 3.32. The SMILES string of the molecule is C/C=C(/C)[C]1CC1Cl. The van der Waals surface area contributed by atoms with E-state index >= 15 is 0 Å². The van der Waals surface area contributed by atoms with Crippen molar-refractivity contribution in [2.75, 3.05) is 0 Å². The van der Waals surface area contributed by atoms with Gasteiger partial charge in [-0.15, -0.1) is 11.6 Å². The number of allylic oxidation sites excluding steroid dienone is 2. The van der Waals surface area contributed by atoms with E-state index in [0.29, 0.717) is 5.38 Å². The molecule has 1 fully saturated rings. The standard InChI is InChI=1S/C7H10Cl/c1-3-5(2)6-4-7(6)8/h3,7H,4H2,1-2H3/b5-3-. The van der Waals surface area contributed by atoms with Crippen LogP contribution in [0.4, 0.5) is 0 Å². The zero-order valence-corrected chi connectivity index (χ0v) is 6.00. The predicted octanol–water partition coefficient (Wildman–Crippen LogP) is 2.54. The fourth-order valence-corrected chi connectivity index (χ4v) is 1.07. The highest BCUT2D eigenvalue weighted by molar-refractivity contribution is 6.25. The molecule has 1 rings (SSSR count). The van der Waals surface area contributed by atoms with E-state index in [1.54, 1.807) is 0 Å². The average molecular weight is 130 g/mol. The monoisotopic (exact) mass is 129 g/mol. The van der Waals surface area contributed by atoms with Gasteiger partial charge in [-0.3, -0.25) is 0 Å². The molecule has 0 bridgehead atoms. The highest BCUT2D eigenvalue weighted by Gasteiger charge is 2.36. The van der Waals surface area contributed by atoms with E-state index < -0.39 is 0 Å². The summed E-state index contributed by atoms with van der Waals surface area (Å²) in [6.07, 6.45) is 3.22. The van der Waals surface area contributed by atoms with E-state index in [2.05, 4.69) is 13.0 Å². The first-order valence-electron chi connectivity index (χ1n) is 2.88. The lowest BCUT2D eigenvalue weighted by Gasteiger charge is -1.89. The van der Waals surface area contributed by atoms with E-state index in [0.717, 1.165) is 6.42 Å². The molecule has 0 aliphatic heterocycles. The molecule has 1 aliphatic carbocycles. The van der Waals surface area contributed by atoms with Crippen molar-refractivity contribution in [2.45, 2.75) is 25.6 Å². The maximum absolute atomic E-state index is 5.75. The Bertz CT molecular complexity index is 116. The van der Waals surface area contributed by atoms with Crippen LogP contribution >= 0.6 is 11.6 Å². The maximum atomic E-state index is 5.75. The quantitative estimate of drug-likeness (QED) is 0.478. The third kappa shape index (κ3) is 1.05. The van der Waals surface area contributed by atoms with Crippen LogP contribution in [-0.2, 0) is 0 Å². The van der Waals surface area contributed by atoms with Crippen LogP contribution in [0.25, 0.3) is 0 Å². The fourth-order valence-electron chi connectivity index (χ4n) is 0.728. The van der Waals surface area contributed by atoms with Crippen LogP contribution in [0, 0.1) is 5.92 Å². The molecule has 8 heavy (non-hydrogen) atoms. The lowest BCUT2D eigenvalue weighted by Crippen LogP contribution is -1.76. The van der Waals surface area contributed by atoms with Gasteiger partial charge >= 0.3 is 0 Å². The van der Waals surface area contributed by atoms with Gasteiger partial charge in [0, 0.05) is 11.3 Å². The van der Waals surface area contributed by atoms with Crippen molar-refractivity contribution in [1.29, 1.82) is 0 Å². The second-order valence-corrected chi connectivity index (χ2v) is 2.70. The molecule has 1 aliphatic rings. The molecular formula is C7H10Cl. The molecule has 1 saturated carbocycles. The van der Waals surface area contributed by atoms with Gasteiger partial charge in [0.25, 0.3) is 0 Å². The van der Waals surface area contributed by atoms with Crippen LogP contribution in [0.5, 0.6) is 0 Å². The molecule has 0 spiro atoms. The number of alkyl halides is 1. The first kappa shape index (κ1) is 6.15. The lowest BCUT2D eigenvalue weighted by atomic mass is 10.2. The molecule has 0 N–H and O–H groups in total. The van der Waals surface area contributed by atoms with Crippen molar-refractivity contribution in [3.63, 3.8) is 0 Å². The topological polar surface area (TPSA) is 0 Å². The largest absolute Gasteiger partial charge is 0.122 e. The summed E-state index contributed by atoms with van der Waals surface area (Å²) in [6, 6.07) is 0. The fraction of sp³-hybridized carbons (Fsp3) is 0.571. The normalized spacial score (nSPS) is 30.9. The average Bonchev–Trinajstić information content (AvgIpc) is 2.45. The summed E-state index contributed by atoms with van der Waals surface area (Å²) in [5, 5.41) is 0.367. The summed E-state index contributed by atoms with van der Waals surface area (Å²) in [7, 11) is 0. The molecule has 1 atom stereocenters. The molecule has 45 valence electrons. The summed E-state index contributed by atoms with van der Waals surface area (Å²) in [5.74, 6) is 1.43. The Morgan fingerprint density at radius 3 is 2.50 bits per heavy atom. The minimum Gasteiger partial charge on any atom is -0.122 e. The van der Waals surface area contributed by atoms with Crippen molar-refractivity contribution in [1.82, 2.24) is 0 Å². The van der Waals surface area contributed by atoms with Crippen LogP contribution in [-0.4, -0.2) is 5.38 Å². The van der Waals surface area contributed by atoms with Gasteiger partial charge in [-0.1, -0.05) is 11.6 Å². The summed E-state index contributed by atoms with van der Waals surface area (Å²) < 4.78 is 0. The molecule has 0 heterocycles. The Morgan fingerprint density at radius 1 is 1.88 bits per heavy atom. The summed E-state index contributed by atoms with van der Waals surface area (Å²) >= 11 is 5.75. The van der Waals surface area contributed by atoms with Crippen LogP contribution in [0.3, 0.4) is 0 Å². The van der Waals surface area contributed by atoms with Gasteiger partial charge in [0.15, 0.2) is 0 Å². The maximum Gasteiger partial charge on any atom is 0.0448 e. The molecule has 0 amide bonds. The van der Waals surface area contributed by atoms with Crippen molar-refractivity contribution in [3.8, 4) is 0 Å². The van der Waals surface area contributed by atoms with Crippen LogP contribution in [0.15, 0.2) is 11.6 Å². The van der Waals surface area contributed by atoms with Gasteiger partial charge in [-0.05, 0) is 20.3 Å².